The number of carbonyl (C=O) groups excluding carboxylic acids is 2. The molecule has 4 nitrogen and oxygen atoms in total. The molecule has 1 amide bonds. The molecular weight excluding hydrogens is 392 g/mol. The van der Waals surface area contributed by atoms with E-state index in [0.717, 1.165) is 29.0 Å². The summed E-state index contributed by atoms with van der Waals surface area (Å²) in [5.74, 6) is 0.440. The van der Waals surface area contributed by atoms with Crippen LogP contribution in [0.1, 0.15) is 35.2 Å². The van der Waals surface area contributed by atoms with E-state index in [1.165, 1.54) is 0 Å². The Morgan fingerprint density at radius 1 is 1.29 bits per heavy atom. The second-order valence-electron chi connectivity index (χ2n) is 6.75. The Morgan fingerprint density at radius 3 is 2.75 bits per heavy atom. The van der Waals surface area contributed by atoms with Gasteiger partial charge in [0.2, 0.25) is 5.91 Å². The first-order valence-corrected chi connectivity index (χ1v) is 10.6. The van der Waals surface area contributed by atoms with Crippen LogP contribution in [0.15, 0.2) is 60.0 Å². The molecule has 0 saturated heterocycles. The van der Waals surface area contributed by atoms with Crippen molar-refractivity contribution in [2.24, 2.45) is 5.73 Å². The van der Waals surface area contributed by atoms with Gasteiger partial charge in [0, 0.05) is 27.7 Å². The first-order chi connectivity index (χ1) is 13.5. The van der Waals surface area contributed by atoms with E-state index in [-0.39, 0.29) is 11.7 Å². The summed E-state index contributed by atoms with van der Waals surface area (Å²) in [4.78, 5) is 28.1. The summed E-state index contributed by atoms with van der Waals surface area (Å²) >= 11 is 7.52. The Hall–Kier alpha value is -2.08. The minimum atomic E-state index is -0.587. The van der Waals surface area contributed by atoms with Gasteiger partial charge in [0.05, 0.1) is 18.3 Å². The summed E-state index contributed by atoms with van der Waals surface area (Å²) < 4.78 is 0. The van der Waals surface area contributed by atoms with Crippen molar-refractivity contribution >= 4 is 40.7 Å². The summed E-state index contributed by atoms with van der Waals surface area (Å²) in [6, 6.07) is 12.4. The van der Waals surface area contributed by atoms with E-state index < -0.39 is 6.04 Å². The molecule has 2 aromatic rings. The highest BCUT2D eigenvalue weighted by Gasteiger charge is 2.29. The zero-order chi connectivity index (χ0) is 20.1. The molecule has 0 spiro atoms. The van der Waals surface area contributed by atoms with Crippen LogP contribution in [0.2, 0.25) is 5.02 Å². The Labute approximate surface area is 174 Å². The van der Waals surface area contributed by atoms with Gasteiger partial charge in [-0.25, -0.2) is 0 Å². The fraction of sp³-hybridized carbons (Fsp3) is 0.273. The van der Waals surface area contributed by atoms with Crippen LogP contribution in [0, 0.1) is 0 Å². The second kappa shape index (κ2) is 9.41. The predicted octanol–water partition coefficient (Wildman–Crippen LogP) is 4.85. The molecule has 28 heavy (non-hydrogen) atoms. The molecule has 0 fully saturated rings. The van der Waals surface area contributed by atoms with Crippen molar-refractivity contribution in [2.45, 2.75) is 36.7 Å². The molecule has 6 heteroatoms. The number of benzene rings is 2. The van der Waals surface area contributed by atoms with Crippen molar-refractivity contribution in [2.75, 3.05) is 10.7 Å². The number of ketones is 1. The fourth-order valence-electron chi connectivity index (χ4n) is 3.08. The molecule has 2 N–H and O–H groups in total. The minimum absolute atomic E-state index is 0.0714. The van der Waals surface area contributed by atoms with Gasteiger partial charge in [-0.3, -0.25) is 9.59 Å². The Bertz CT molecular complexity index is 883. The smallest absolute Gasteiger partial charge is 0.245 e. The number of unbranched alkanes of at least 4 members (excludes halogenated alkanes) is 1. The maximum atomic E-state index is 12.9. The van der Waals surface area contributed by atoms with E-state index in [4.69, 9.17) is 17.3 Å². The van der Waals surface area contributed by atoms with Gasteiger partial charge < -0.3 is 10.6 Å². The number of rotatable bonds is 7. The van der Waals surface area contributed by atoms with Crippen LogP contribution in [-0.2, 0) is 11.3 Å². The summed E-state index contributed by atoms with van der Waals surface area (Å²) in [6.45, 7) is 4.07. The van der Waals surface area contributed by atoms with E-state index in [2.05, 4.69) is 6.58 Å². The minimum Gasteiger partial charge on any atom is -0.319 e. The van der Waals surface area contributed by atoms with Crippen LogP contribution >= 0.6 is 23.4 Å². The number of Topliss-reactive ketones (excluding diaryl/α,β-unsaturated/α-hetero) is 1. The summed E-state index contributed by atoms with van der Waals surface area (Å²) in [7, 11) is 0. The fourth-order valence-corrected chi connectivity index (χ4v) is 4.19. The summed E-state index contributed by atoms with van der Waals surface area (Å²) in [5, 5.41) is 0.644. The van der Waals surface area contributed by atoms with E-state index in [1.54, 1.807) is 28.8 Å². The highest BCUT2D eigenvalue weighted by atomic mass is 35.5. The predicted molar refractivity (Wildman–Crippen MR) is 116 cm³/mol. The topological polar surface area (TPSA) is 63.4 Å². The third-order valence-corrected chi connectivity index (χ3v) is 6.07. The van der Waals surface area contributed by atoms with Crippen molar-refractivity contribution < 1.29 is 9.59 Å². The van der Waals surface area contributed by atoms with E-state index in [9.17, 15) is 9.59 Å². The average molecular weight is 415 g/mol. The number of hydrogen-bond donors (Lipinski definition) is 1. The standard InChI is InChI=1S/C22H23ClN2O2S/c1-2-3-4-5-20(26)16-8-11-21-19(12-16)25(22(27)18(24)14-28-21)13-15-6-9-17(23)10-7-15/h2,6-12,18H,1,3-5,13-14,24H2/t18-/m0/s1. The molecule has 2 aromatic carbocycles. The van der Waals surface area contributed by atoms with Crippen LogP contribution in [0.25, 0.3) is 0 Å². The van der Waals surface area contributed by atoms with E-state index in [0.29, 0.717) is 29.3 Å². The number of halogens is 1. The lowest BCUT2D eigenvalue weighted by atomic mass is 10.0. The first kappa shape index (κ1) is 20.6. The zero-order valence-corrected chi connectivity index (χ0v) is 17.1. The van der Waals surface area contributed by atoms with Crippen LogP contribution in [0.3, 0.4) is 0 Å². The van der Waals surface area contributed by atoms with Crippen LogP contribution in [0.5, 0.6) is 0 Å². The van der Waals surface area contributed by atoms with Gasteiger partial charge >= 0.3 is 0 Å². The second-order valence-corrected chi connectivity index (χ2v) is 8.25. The molecule has 3 rings (SSSR count). The molecule has 0 aromatic heterocycles. The SMILES string of the molecule is C=CCCCC(=O)c1ccc2c(c1)N(Cc1ccc(Cl)cc1)C(=O)[C@@H](N)CS2. The van der Waals surface area contributed by atoms with Gasteiger partial charge in [0.15, 0.2) is 5.78 Å². The molecule has 1 atom stereocenters. The monoisotopic (exact) mass is 414 g/mol. The average Bonchev–Trinajstić information content (AvgIpc) is 2.81. The molecule has 1 aliphatic heterocycles. The zero-order valence-electron chi connectivity index (χ0n) is 15.6. The van der Waals surface area contributed by atoms with Gasteiger partial charge in [-0.2, -0.15) is 0 Å². The number of fused-ring (bicyclic) bond motifs is 1. The molecular formula is C22H23ClN2O2S. The molecule has 1 aliphatic rings. The summed E-state index contributed by atoms with van der Waals surface area (Å²) in [6.07, 6.45) is 3.85. The molecule has 146 valence electrons. The maximum absolute atomic E-state index is 12.9. The Morgan fingerprint density at radius 2 is 2.04 bits per heavy atom. The third kappa shape index (κ3) is 4.85. The van der Waals surface area contributed by atoms with Crippen molar-refractivity contribution in [1.29, 1.82) is 0 Å². The quantitative estimate of drug-likeness (QED) is 0.399. The molecule has 1 heterocycles. The number of thioether (sulfide) groups is 1. The maximum Gasteiger partial charge on any atom is 0.245 e. The van der Waals surface area contributed by atoms with Crippen molar-refractivity contribution in [3.63, 3.8) is 0 Å². The van der Waals surface area contributed by atoms with E-state index >= 15 is 0 Å². The molecule has 0 unspecified atom stereocenters. The third-order valence-electron chi connectivity index (χ3n) is 4.64. The summed E-state index contributed by atoms with van der Waals surface area (Å²) in [5.41, 5.74) is 8.41. The largest absolute Gasteiger partial charge is 0.319 e. The normalized spacial score (nSPS) is 16.4. The van der Waals surface area contributed by atoms with Gasteiger partial charge in [0.25, 0.3) is 0 Å². The molecule has 0 aliphatic carbocycles. The van der Waals surface area contributed by atoms with Crippen molar-refractivity contribution in [3.8, 4) is 0 Å². The number of carbonyl (C=O) groups is 2. The lowest BCUT2D eigenvalue weighted by Crippen LogP contribution is -2.44. The van der Waals surface area contributed by atoms with Crippen LogP contribution < -0.4 is 10.6 Å². The number of allylic oxidation sites excluding steroid dienone is 1. The number of amides is 1. The van der Waals surface area contributed by atoms with Crippen molar-refractivity contribution in [3.05, 3.63) is 71.3 Å². The van der Waals surface area contributed by atoms with Crippen molar-refractivity contribution in [1.82, 2.24) is 0 Å². The number of anilines is 1. The molecule has 0 bridgehead atoms. The van der Waals surface area contributed by atoms with Gasteiger partial charge in [-0.05, 0) is 42.7 Å². The van der Waals surface area contributed by atoms with Gasteiger partial charge in [0.1, 0.15) is 0 Å². The number of hydrogen-bond acceptors (Lipinski definition) is 4. The Balaban J connectivity index is 1.93. The first-order valence-electron chi connectivity index (χ1n) is 9.22. The molecule has 0 saturated carbocycles. The van der Waals surface area contributed by atoms with E-state index in [1.807, 2.05) is 36.4 Å². The van der Waals surface area contributed by atoms with Crippen LogP contribution in [-0.4, -0.2) is 23.5 Å². The number of nitrogens with zero attached hydrogens (tertiary/aromatic N) is 1. The Kier molecular flexibility index (Phi) is 6.94. The number of nitrogens with two attached hydrogens (primary N) is 1. The highest BCUT2D eigenvalue weighted by Crippen LogP contribution is 2.36. The van der Waals surface area contributed by atoms with Gasteiger partial charge in [-0.1, -0.05) is 35.9 Å². The van der Waals surface area contributed by atoms with Gasteiger partial charge in [-0.15, -0.1) is 18.3 Å². The molecule has 0 radical (unpaired) electrons. The van der Waals surface area contributed by atoms with Crippen LogP contribution in [0.4, 0.5) is 5.69 Å². The lowest BCUT2D eigenvalue weighted by molar-refractivity contribution is -0.119. The highest BCUT2D eigenvalue weighted by molar-refractivity contribution is 7.99. The lowest BCUT2D eigenvalue weighted by Gasteiger charge is -2.25.